The molecular formula is C10H16N2O3S. The van der Waals surface area contributed by atoms with Crippen molar-refractivity contribution in [3.05, 3.63) is 35.3 Å². The van der Waals surface area contributed by atoms with Gasteiger partial charge in [0.15, 0.2) is 0 Å². The highest BCUT2D eigenvalue weighted by molar-refractivity contribution is 7.93. The molecule has 0 radical (unpaired) electrons. The zero-order valence-corrected chi connectivity index (χ0v) is 9.87. The van der Waals surface area contributed by atoms with Crippen LogP contribution in [0.4, 0.5) is 0 Å². The molecule has 2 atom stereocenters. The van der Waals surface area contributed by atoms with Crippen molar-refractivity contribution in [3.63, 3.8) is 0 Å². The van der Waals surface area contributed by atoms with Crippen molar-refractivity contribution < 1.29 is 13.5 Å². The molecular weight excluding hydrogens is 228 g/mol. The number of nitrogens with one attached hydrogen (secondary N) is 1. The number of aliphatic hydroxyl groups is 1. The summed E-state index contributed by atoms with van der Waals surface area (Å²) in [6, 6.07) is -0.114. The minimum absolute atomic E-state index is 0.107. The first-order valence-electron chi connectivity index (χ1n) is 4.81. The van der Waals surface area contributed by atoms with E-state index in [0.717, 1.165) is 0 Å². The van der Waals surface area contributed by atoms with Gasteiger partial charge in [-0.1, -0.05) is 18.7 Å². The smallest absolute Gasteiger partial charge is 0.237 e. The normalized spacial score (nSPS) is 22.7. The van der Waals surface area contributed by atoms with Crippen LogP contribution in [0.25, 0.3) is 0 Å². The van der Waals surface area contributed by atoms with Crippen LogP contribution in [-0.4, -0.2) is 25.8 Å². The molecule has 1 rings (SSSR count). The predicted molar refractivity (Wildman–Crippen MR) is 62.7 cm³/mol. The topological polar surface area (TPSA) is 92.4 Å². The van der Waals surface area contributed by atoms with E-state index in [0.29, 0.717) is 12.0 Å². The highest BCUT2D eigenvalue weighted by Crippen LogP contribution is 2.14. The van der Waals surface area contributed by atoms with Gasteiger partial charge in [-0.25, -0.2) is 13.6 Å². The molecule has 0 amide bonds. The number of hydrogen-bond acceptors (Lipinski definition) is 4. The third-order valence-electron chi connectivity index (χ3n) is 2.23. The summed E-state index contributed by atoms with van der Waals surface area (Å²) in [7, 11) is -3.63. The number of nitrogens with two attached hydrogens (primary N) is 1. The van der Waals surface area contributed by atoms with E-state index in [2.05, 4.69) is 11.9 Å². The molecule has 0 fully saturated rings. The standard InChI is InChI=1S/C10H16N2O3S/c1-7(2)10(13)12-8-3-5-9(6-4-8)16(11,14)15/h3,5-6,8,10,12-13H,1,4H2,2H3,(H2,11,14,15). The number of allylic oxidation sites excluding steroid dienone is 1. The number of sulfonamides is 1. The number of hydrogen-bond donors (Lipinski definition) is 3. The highest BCUT2D eigenvalue weighted by Gasteiger charge is 2.17. The van der Waals surface area contributed by atoms with E-state index in [1.54, 1.807) is 13.0 Å². The van der Waals surface area contributed by atoms with E-state index >= 15 is 0 Å². The van der Waals surface area contributed by atoms with Crippen LogP contribution in [0, 0.1) is 0 Å². The minimum atomic E-state index is -3.63. The van der Waals surface area contributed by atoms with Gasteiger partial charge in [-0.05, 0) is 25.0 Å². The van der Waals surface area contributed by atoms with E-state index in [1.807, 2.05) is 0 Å². The average molecular weight is 244 g/mol. The van der Waals surface area contributed by atoms with Crippen LogP contribution >= 0.6 is 0 Å². The summed E-state index contributed by atoms with van der Waals surface area (Å²) in [6.07, 6.45) is 4.29. The van der Waals surface area contributed by atoms with Gasteiger partial charge < -0.3 is 5.11 Å². The van der Waals surface area contributed by atoms with E-state index in [4.69, 9.17) is 5.14 Å². The van der Waals surface area contributed by atoms with Crippen LogP contribution < -0.4 is 10.5 Å². The summed E-state index contributed by atoms with van der Waals surface area (Å²) in [5, 5.41) is 17.3. The zero-order valence-electron chi connectivity index (χ0n) is 9.05. The van der Waals surface area contributed by atoms with Gasteiger partial charge in [0.05, 0.1) is 4.91 Å². The van der Waals surface area contributed by atoms with Gasteiger partial charge in [-0.3, -0.25) is 5.32 Å². The number of rotatable bonds is 4. The molecule has 16 heavy (non-hydrogen) atoms. The fraction of sp³-hybridized carbons (Fsp3) is 0.400. The molecule has 5 nitrogen and oxygen atoms in total. The molecule has 90 valence electrons. The molecule has 0 aromatic heterocycles. The van der Waals surface area contributed by atoms with Crippen molar-refractivity contribution in [1.29, 1.82) is 0 Å². The van der Waals surface area contributed by atoms with Crippen LogP contribution in [-0.2, 0) is 10.0 Å². The van der Waals surface area contributed by atoms with Crippen molar-refractivity contribution in [3.8, 4) is 0 Å². The molecule has 1 aliphatic rings. The zero-order chi connectivity index (χ0) is 12.3. The first-order valence-corrected chi connectivity index (χ1v) is 6.36. The Morgan fingerprint density at radius 2 is 2.38 bits per heavy atom. The largest absolute Gasteiger partial charge is 0.375 e. The lowest BCUT2D eigenvalue weighted by Gasteiger charge is -2.21. The molecule has 0 aromatic carbocycles. The van der Waals surface area contributed by atoms with E-state index < -0.39 is 16.3 Å². The van der Waals surface area contributed by atoms with Crippen molar-refractivity contribution in [2.24, 2.45) is 5.14 Å². The molecule has 4 N–H and O–H groups in total. The van der Waals surface area contributed by atoms with Crippen LogP contribution in [0.5, 0.6) is 0 Å². The van der Waals surface area contributed by atoms with Gasteiger partial charge in [0.1, 0.15) is 6.23 Å². The summed E-state index contributed by atoms with van der Waals surface area (Å²) >= 11 is 0. The third kappa shape index (κ3) is 3.57. The van der Waals surface area contributed by atoms with Crippen molar-refractivity contribution in [1.82, 2.24) is 5.32 Å². The quantitative estimate of drug-likeness (QED) is 0.478. The molecule has 1 aliphatic carbocycles. The second-order valence-corrected chi connectivity index (χ2v) is 5.33. The van der Waals surface area contributed by atoms with Crippen LogP contribution in [0.2, 0.25) is 0 Å². The van der Waals surface area contributed by atoms with Crippen LogP contribution in [0.1, 0.15) is 13.3 Å². The maximum Gasteiger partial charge on any atom is 0.237 e. The summed E-state index contributed by atoms with van der Waals surface area (Å²) in [4.78, 5) is 0.107. The lowest BCUT2D eigenvalue weighted by molar-refractivity contribution is 0.164. The molecule has 0 saturated heterocycles. The number of aliphatic hydroxyl groups excluding tert-OH is 1. The number of primary sulfonamides is 1. The minimum Gasteiger partial charge on any atom is -0.375 e. The first kappa shape index (κ1) is 13.1. The lowest BCUT2D eigenvalue weighted by atomic mass is 10.1. The van der Waals surface area contributed by atoms with Gasteiger partial charge >= 0.3 is 0 Å². The Morgan fingerprint density at radius 3 is 2.75 bits per heavy atom. The van der Waals surface area contributed by atoms with E-state index in [9.17, 15) is 13.5 Å². The molecule has 0 spiro atoms. The predicted octanol–water partition coefficient (Wildman–Crippen LogP) is -0.0286. The van der Waals surface area contributed by atoms with E-state index in [-0.39, 0.29) is 10.9 Å². The van der Waals surface area contributed by atoms with Gasteiger partial charge in [0.25, 0.3) is 0 Å². The summed E-state index contributed by atoms with van der Waals surface area (Å²) in [5.41, 5.74) is 0.606. The Hall–Kier alpha value is -0.950. The molecule has 0 saturated carbocycles. The summed E-state index contributed by atoms with van der Waals surface area (Å²) in [6.45, 7) is 5.31. The van der Waals surface area contributed by atoms with Crippen LogP contribution in [0.15, 0.2) is 35.3 Å². The lowest BCUT2D eigenvalue weighted by Crippen LogP contribution is -2.38. The molecule has 0 aliphatic heterocycles. The second-order valence-electron chi connectivity index (χ2n) is 3.77. The Labute approximate surface area is 95.4 Å². The van der Waals surface area contributed by atoms with Crippen LogP contribution in [0.3, 0.4) is 0 Å². The van der Waals surface area contributed by atoms with E-state index in [1.165, 1.54) is 12.2 Å². The SMILES string of the molecule is C=C(C)C(O)NC1C=CC(S(N)(=O)=O)=CC1. The Bertz CT molecular complexity index is 437. The summed E-state index contributed by atoms with van der Waals surface area (Å²) < 4.78 is 22.0. The fourth-order valence-electron chi connectivity index (χ4n) is 1.28. The Balaban J connectivity index is 2.60. The monoisotopic (exact) mass is 244 g/mol. The molecule has 2 unspecified atom stereocenters. The molecule has 0 heterocycles. The molecule has 6 heteroatoms. The highest BCUT2D eigenvalue weighted by atomic mass is 32.2. The molecule has 0 bridgehead atoms. The fourth-order valence-corrected chi connectivity index (χ4v) is 1.88. The summed E-state index contributed by atoms with van der Waals surface area (Å²) in [5.74, 6) is 0. The van der Waals surface area contributed by atoms with Gasteiger partial charge in [0.2, 0.25) is 10.0 Å². The second kappa shape index (κ2) is 4.92. The van der Waals surface area contributed by atoms with Crippen molar-refractivity contribution in [2.45, 2.75) is 25.6 Å². The maximum absolute atomic E-state index is 11.0. The van der Waals surface area contributed by atoms with Crippen molar-refractivity contribution >= 4 is 10.0 Å². The third-order valence-corrected chi connectivity index (χ3v) is 3.19. The van der Waals surface area contributed by atoms with Crippen molar-refractivity contribution in [2.75, 3.05) is 0 Å². The average Bonchev–Trinajstić information content (AvgIpc) is 2.17. The van der Waals surface area contributed by atoms with Gasteiger partial charge in [-0.15, -0.1) is 0 Å². The molecule has 0 aromatic rings. The Morgan fingerprint density at radius 1 is 1.75 bits per heavy atom. The Kier molecular flexibility index (Phi) is 4.03. The van der Waals surface area contributed by atoms with Gasteiger partial charge in [0, 0.05) is 6.04 Å². The maximum atomic E-state index is 11.0. The first-order chi connectivity index (χ1) is 7.30. The van der Waals surface area contributed by atoms with Gasteiger partial charge in [-0.2, -0.15) is 0 Å².